The van der Waals surface area contributed by atoms with Crippen molar-refractivity contribution in [1.82, 2.24) is 5.16 Å². The Morgan fingerprint density at radius 3 is 3.00 bits per heavy atom. The van der Waals surface area contributed by atoms with Crippen LogP contribution in [0.5, 0.6) is 0 Å². The summed E-state index contributed by atoms with van der Waals surface area (Å²) in [6.07, 6.45) is 1.52. The summed E-state index contributed by atoms with van der Waals surface area (Å²) in [6.45, 7) is 0.529. The van der Waals surface area contributed by atoms with Crippen LogP contribution in [0.2, 0.25) is 0 Å². The number of hydrogen-bond acceptors (Lipinski definition) is 4. The van der Waals surface area contributed by atoms with E-state index in [9.17, 15) is 0 Å². The lowest BCUT2D eigenvalue weighted by molar-refractivity contribution is 0.412. The Hall–Kier alpha value is -1.80. The van der Waals surface area contributed by atoms with Gasteiger partial charge >= 0.3 is 0 Å². The Kier molecular flexibility index (Phi) is 3.22. The van der Waals surface area contributed by atoms with Gasteiger partial charge in [-0.1, -0.05) is 11.2 Å². The number of benzene rings is 1. The number of halogens is 1. The summed E-state index contributed by atoms with van der Waals surface area (Å²) in [5.41, 5.74) is 2.16. The molecule has 2 aromatic rings. The van der Waals surface area contributed by atoms with Gasteiger partial charge in [0, 0.05) is 10.5 Å². The van der Waals surface area contributed by atoms with Crippen LogP contribution in [0.1, 0.15) is 11.3 Å². The lowest BCUT2D eigenvalue weighted by Gasteiger charge is -2.07. The van der Waals surface area contributed by atoms with Crippen LogP contribution in [0.4, 0.5) is 5.69 Å². The molecule has 0 aliphatic rings. The second kappa shape index (κ2) is 4.81. The third-order valence-corrected chi connectivity index (χ3v) is 2.74. The molecule has 0 atom stereocenters. The van der Waals surface area contributed by atoms with Crippen LogP contribution < -0.4 is 5.32 Å². The fourth-order valence-electron chi connectivity index (χ4n) is 1.30. The summed E-state index contributed by atoms with van der Waals surface area (Å²) in [4.78, 5) is 0. The maximum absolute atomic E-state index is 9.00. The van der Waals surface area contributed by atoms with Gasteiger partial charge < -0.3 is 9.84 Å². The van der Waals surface area contributed by atoms with Crippen molar-refractivity contribution in [3.05, 3.63) is 46.3 Å². The molecule has 1 aromatic carbocycles. The summed E-state index contributed by atoms with van der Waals surface area (Å²) < 4.78 is 5.50. The van der Waals surface area contributed by atoms with E-state index in [4.69, 9.17) is 9.78 Å². The molecule has 4 nitrogen and oxygen atoms in total. The maximum atomic E-state index is 9.00. The molecule has 0 unspecified atom stereocenters. The molecule has 1 aromatic heterocycles. The first-order valence-electron chi connectivity index (χ1n) is 4.63. The van der Waals surface area contributed by atoms with Crippen LogP contribution in [0.15, 0.2) is 39.5 Å². The van der Waals surface area contributed by atoms with Crippen molar-refractivity contribution in [1.29, 1.82) is 5.26 Å². The third-order valence-electron chi connectivity index (χ3n) is 2.08. The zero-order valence-corrected chi connectivity index (χ0v) is 9.86. The maximum Gasteiger partial charge on any atom is 0.124 e. The van der Waals surface area contributed by atoms with E-state index >= 15 is 0 Å². The second-order valence-corrected chi connectivity index (χ2v) is 3.97. The molecular formula is C11H8BrN3O. The molecule has 0 saturated carbocycles. The molecule has 80 valence electrons. The lowest BCUT2D eigenvalue weighted by atomic mass is 10.2. The van der Waals surface area contributed by atoms with E-state index in [0.717, 1.165) is 15.9 Å². The average molecular weight is 278 g/mol. The molecule has 0 fully saturated rings. The highest BCUT2D eigenvalue weighted by molar-refractivity contribution is 9.10. The number of anilines is 1. The predicted molar refractivity (Wildman–Crippen MR) is 62.7 cm³/mol. The van der Waals surface area contributed by atoms with Gasteiger partial charge in [-0.2, -0.15) is 5.26 Å². The van der Waals surface area contributed by atoms with E-state index in [2.05, 4.69) is 32.5 Å². The van der Waals surface area contributed by atoms with Crippen LogP contribution in [0.25, 0.3) is 0 Å². The van der Waals surface area contributed by atoms with Gasteiger partial charge in [0.1, 0.15) is 18.0 Å². The number of nitriles is 1. The largest absolute Gasteiger partial charge is 0.378 e. The lowest BCUT2D eigenvalue weighted by Crippen LogP contribution is -2.01. The quantitative estimate of drug-likeness (QED) is 0.937. The number of hydrogen-bond donors (Lipinski definition) is 1. The van der Waals surface area contributed by atoms with Crippen molar-refractivity contribution in [3.8, 4) is 6.07 Å². The molecule has 0 aliphatic carbocycles. The molecule has 16 heavy (non-hydrogen) atoms. The Balaban J connectivity index is 2.16. The van der Waals surface area contributed by atoms with Gasteiger partial charge in [-0.05, 0) is 28.1 Å². The normalized spacial score (nSPS) is 9.75. The highest BCUT2D eigenvalue weighted by Gasteiger charge is 2.05. The zero-order valence-electron chi connectivity index (χ0n) is 8.27. The van der Waals surface area contributed by atoms with E-state index in [1.807, 2.05) is 18.2 Å². The predicted octanol–water partition coefficient (Wildman–Crippen LogP) is 2.92. The highest BCUT2D eigenvalue weighted by Crippen LogP contribution is 2.23. The smallest absolute Gasteiger partial charge is 0.124 e. The Morgan fingerprint density at radius 1 is 1.44 bits per heavy atom. The number of nitrogens with one attached hydrogen (secondary N) is 1. The van der Waals surface area contributed by atoms with Gasteiger partial charge in [0.25, 0.3) is 0 Å². The minimum atomic E-state index is 0.529. The SMILES string of the molecule is N#Cc1c(Br)cccc1NCc1ccon1. The number of rotatable bonds is 3. The molecule has 1 heterocycles. The summed E-state index contributed by atoms with van der Waals surface area (Å²) in [5.74, 6) is 0. The third kappa shape index (κ3) is 2.23. The first kappa shape index (κ1) is 10.7. The number of nitrogens with zero attached hydrogens (tertiary/aromatic N) is 2. The fourth-order valence-corrected chi connectivity index (χ4v) is 1.75. The molecule has 2 rings (SSSR count). The van der Waals surface area contributed by atoms with E-state index in [1.54, 1.807) is 6.07 Å². The molecule has 0 aliphatic heterocycles. The van der Waals surface area contributed by atoms with Crippen LogP contribution in [0.3, 0.4) is 0 Å². The molecule has 0 saturated heterocycles. The molecule has 5 heteroatoms. The number of aromatic nitrogens is 1. The summed E-state index contributed by atoms with van der Waals surface area (Å²) >= 11 is 3.33. The summed E-state index contributed by atoms with van der Waals surface area (Å²) in [6, 6.07) is 9.47. The van der Waals surface area contributed by atoms with Crippen LogP contribution in [0, 0.1) is 11.3 Å². The second-order valence-electron chi connectivity index (χ2n) is 3.12. The van der Waals surface area contributed by atoms with Crippen molar-refractivity contribution in [2.75, 3.05) is 5.32 Å². The Bertz CT molecular complexity index is 517. The van der Waals surface area contributed by atoms with Crippen LogP contribution >= 0.6 is 15.9 Å². The van der Waals surface area contributed by atoms with Gasteiger partial charge in [0.2, 0.25) is 0 Å². The van der Waals surface area contributed by atoms with Gasteiger partial charge in [-0.15, -0.1) is 0 Å². The van der Waals surface area contributed by atoms with Crippen LogP contribution in [-0.2, 0) is 6.54 Å². The average Bonchev–Trinajstić information content (AvgIpc) is 2.79. The first-order valence-corrected chi connectivity index (χ1v) is 5.42. The van der Waals surface area contributed by atoms with Crippen molar-refractivity contribution in [3.63, 3.8) is 0 Å². The van der Waals surface area contributed by atoms with E-state index in [-0.39, 0.29) is 0 Å². The topological polar surface area (TPSA) is 61.9 Å². The van der Waals surface area contributed by atoms with Crippen molar-refractivity contribution >= 4 is 21.6 Å². The van der Waals surface area contributed by atoms with E-state index < -0.39 is 0 Å². The van der Waals surface area contributed by atoms with E-state index in [1.165, 1.54) is 6.26 Å². The fraction of sp³-hybridized carbons (Fsp3) is 0.0909. The minimum Gasteiger partial charge on any atom is -0.378 e. The molecule has 1 N–H and O–H groups in total. The zero-order chi connectivity index (χ0) is 11.4. The molecular weight excluding hydrogens is 270 g/mol. The van der Waals surface area contributed by atoms with Crippen LogP contribution in [-0.4, -0.2) is 5.16 Å². The monoisotopic (exact) mass is 277 g/mol. The van der Waals surface area contributed by atoms with E-state index in [0.29, 0.717) is 12.1 Å². The summed E-state index contributed by atoms with van der Waals surface area (Å²) in [5, 5.41) is 15.9. The molecule has 0 amide bonds. The van der Waals surface area contributed by atoms with Gasteiger partial charge in [-0.3, -0.25) is 0 Å². The molecule has 0 bridgehead atoms. The summed E-state index contributed by atoms with van der Waals surface area (Å²) in [7, 11) is 0. The van der Waals surface area contributed by atoms with Gasteiger partial charge in [-0.25, -0.2) is 0 Å². The van der Waals surface area contributed by atoms with Gasteiger partial charge in [0.05, 0.1) is 17.8 Å². The molecule has 0 radical (unpaired) electrons. The van der Waals surface area contributed by atoms with Crippen molar-refractivity contribution in [2.45, 2.75) is 6.54 Å². The van der Waals surface area contributed by atoms with Gasteiger partial charge in [0.15, 0.2) is 0 Å². The Labute approximate surface area is 101 Å². The van der Waals surface area contributed by atoms with Crippen molar-refractivity contribution in [2.24, 2.45) is 0 Å². The standard InChI is InChI=1S/C11H8BrN3O/c12-10-2-1-3-11(9(10)6-13)14-7-8-4-5-16-15-8/h1-5,14H,7H2. The van der Waals surface area contributed by atoms with Crippen molar-refractivity contribution < 1.29 is 4.52 Å². The minimum absolute atomic E-state index is 0.529. The molecule has 0 spiro atoms. The highest BCUT2D eigenvalue weighted by atomic mass is 79.9. The first-order chi connectivity index (χ1) is 7.81. The Morgan fingerprint density at radius 2 is 2.31 bits per heavy atom.